The molecule has 0 saturated carbocycles. The molecular formula is C12H15N5O2. The maximum absolute atomic E-state index is 10.6. The van der Waals surface area contributed by atoms with E-state index in [4.69, 9.17) is 5.11 Å². The van der Waals surface area contributed by atoms with Crippen LogP contribution in [0.4, 0.5) is 0 Å². The molecule has 2 rings (SSSR count). The largest absolute Gasteiger partial charge is 0.481 e. The number of pyridine rings is 1. The molecule has 7 heteroatoms. The van der Waals surface area contributed by atoms with Crippen LogP contribution in [-0.2, 0) is 17.8 Å². The monoisotopic (exact) mass is 261 g/mol. The fourth-order valence-corrected chi connectivity index (χ4v) is 1.83. The van der Waals surface area contributed by atoms with Crippen molar-refractivity contribution in [2.24, 2.45) is 5.92 Å². The number of rotatable bonds is 6. The van der Waals surface area contributed by atoms with E-state index in [2.05, 4.69) is 20.5 Å². The van der Waals surface area contributed by atoms with E-state index >= 15 is 0 Å². The molecule has 0 fully saturated rings. The van der Waals surface area contributed by atoms with E-state index in [9.17, 15) is 4.79 Å². The molecule has 2 heterocycles. The molecule has 2 aromatic rings. The minimum Gasteiger partial charge on any atom is -0.481 e. The molecule has 0 amide bonds. The first-order valence-corrected chi connectivity index (χ1v) is 6.01. The second-order valence-corrected chi connectivity index (χ2v) is 4.51. The van der Waals surface area contributed by atoms with Crippen LogP contribution >= 0.6 is 0 Å². The Labute approximate surface area is 110 Å². The number of tetrazole rings is 1. The van der Waals surface area contributed by atoms with Crippen LogP contribution in [0.3, 0.4) is 0 Å². The van der Waals surface area contributed by atoms with Gasteiger partial charge in [0.15, 0.2) is 5.82 Å². The zero-order valence-corrected chi connectivity index (χ0v) is 10.6. The maximum atomic E-state index is 10.6. The van der Waals surface area contributed by atoms with Crippen LogP contribution in [0.5, 0.6) is 0 Å². The van der Waals surface area contributed by atoms with E-state index in [-0.39, 0.29) is 12.3 Å². The van der Waals surface area contributed by atoms with Crippen LogP contribution in [0.2, 0.25) is 0 Å². The highest BCUT2D eigenvalue weighted by Crippen LogP contribution is 2.09. The summed E-state index contributed by atoms with van der Waals surface area (Å²) in [5.74, 6) is -0.100. The number of hydrogen-bond acceptors (Lipinski definition) is 5. The Kier molecular flexibility index (Phi) is 4.17. The number of carboxylic acid groups (broad SMARTS) is 1. The third kappa shape index (κ3) is 3.84. The van der Waals surface area contributed by atoms with Gasteiger partial charge in [-0.15, -0.1) is 5.10 Å². The molecule has 0 bridgehead atoms. The summed E-state index contributed by atoms with van der Waals surface area (Å²) >= 11 is 0. The van der Waals surface area contributed by atoms with Gasteiger partial charge >= 0.3 is 5.97 Å². The Morgan fingerprint density at radius 2 is 2.16 bits per heavy atom. The minimum absolute atomic E-state index is 0.0165. The van der Waals surface area contributed by atoms with Gasteiger partial charge in [-0.3, -0.25) is 9.78 Å². The van der Waals surface area contributed by atoms with Gasteiger partial charge in [-0.05, 0) is 34.0 Å². The van der Waals surface area contributed by atoms with E-state index < -0.39 is 5.97 Å². The number of carbonyl (C=O) groups is 1. The second kappa shape index (κ2) is 6.03. The number of aliphatic carboxylic acids is 1. The molecule has 100 valence electrons. The summed E-state index contributed by atoms with van der Waals surface area (Å²) in [6, 6.07) is 3.80. The molecule has 0 aliphatic rings. The summed E-state index contributed by atoms with van der Waals surface area (Å²) in [6.45, 7) is 2.37. The van der Waals surface area contributed by atoms with Gasteiger partial charge in [0, 0.05) is 31.8 Å². The average molecular weight is 261 g/mol. The Bertz CT molecular complexity index is 540. The normalized spacial score (nSPS) is 12.3. The van der Waals surface area contributed by atoms with Gasteiger partial charge in [-0.25, -0.2) is 4.68 Å². The summed E-state index contributed by atoms with van der Waals surface area (Å²) < 4.78 is 1.66. The first-order chi connectivity index (χ1) is 9.15. The molecule has 0 aliphatic carbocycles. The van der Waals surface area contributed by atoms with Gasteiger partial charge in [-0.1, -0.05) is 6.92 Å². The van der Waals surface area contributed by atoms with Crippen molar-refractivity contribution < 1.29 is 9.90 Å². The van der Waals surface area contributed by atoms with Crippen molar-refractivity contribution in [3.8, 4) is 0 Å². The molecule has 0 radical (unpaired) electrons. The molecule has 7 nitrogen and oxygen atoms in total. The van der Waals surface area contributed by atoms with Crippen LogP contribution in [0.1, 0.15) is 24.7 Å². The van der Waals surface area contributed by atoms with E-state index in [0.717, 1.165) is 11.4 Å². The lowest BCUT2D eigenvalue weighted by atomic mass is 10.1. The molecule has 2 aromatic heterocycles. The highest BCUT2D eigenvalue weighted by molar-refractivity contribution is 5.66. The Morgan fingerprint density at radius 1 is 1.42 bits per heavy atom. The quantitative estimate of drug-likeness (QED) is 0.825. The van der Waals surface area contributed by atoms with Crippen LogP contribution in [0.25, 0.3) is 0 Å². The number of aromatic nitrogens is 5. The lowest BCUT2D eigenvalue weighted by Gasteiger charge is -2.09. The van der Waals surface area contributed by atoms with Crippen molar-refractivity contribution in [1.29, 1.82) is 0 Å². The van der Waals surface area contributed by atoms with Crippen molar-refractivity contribution in [3.63, 3.8) is 0 Å². The number of nitrogens with zero attached hydrogens (tertiary/aromatic N) is 5. The summed E-state index contributed by atoms with van der Waals surface area (Å²) in [5, 5.41) is 20.3. The predicted molar refractivity (Wildman–Crippen MR) is 66.3 cm³/mol. The average Bonchev–Trinajstić information content (AvgIpc) is 2.77. The fourth-order valence-electron chi connectivity index (χ4n) is 1.83. The van der Waals surface area contributed by atoms with Crippen molar-refractivity contribution in [2.75, 3.05) is 0 Å². The first kappa shape index (κ1) is 13.1. The number of hydrogen-bond donors (Lipinski definition) is 1. The van der Waals surface area contributed by atoms with Crippen LogP contribution in [-0.4, -0.2) is 36.3 Å². The molecule has 0 saturated heterocycles. The lowest BCUT2D eigenvalue weighted by molar-refractivity contribution is -0.138. The second-order valence-electron chi connectivity index (χ2n) is 4.51. The van der Waals surface area contributed by atoms with Crippen LogP contribution in [0, 0.1) is 5.92 Å². The molecule has 0 aliphatic heterocycles. The standard InChI is InChI=1S/C12H15N5O2/c1-9(6-12(18)19)8-17-11(14-15-16-17)7-10-2-4-13-5-3-10/h2-5,9H,6-8H2,1H3,(H,18,19). The van der Waals surface area contributed by atoms with Gasteiger partial charge in [0.2, 0.25) is 0 Å². The molecule has 1 atom stereocenters. The van der Waals surface area contributed by atoms with Gasteiger partial charge in [0.05, 0.1) is 0 Å². The third-order valence-corrected chi connectivity index (χ3v) is 2.73. The Morgan fingerprint density at radius 3 is 2.84 bits per heavy atom. The van der Waals surface area contributed by atoms with Gasteiger partial charge in [-0.2, -0.15) is 0 Å². The molecule has 1 N–H and O–H groups in total. The fraction of sp³-hybridized carbons (Fsp3) is 0.417. The van der Waals surface area contributed by atoms with E-state index in [1.165, 1.54) is 0 Å². The minimum atomic E-state index is -0.809. The third-order valence-electron chi connectivity index (χ3n) is 2.73. The SMILES string of the molecule is CC(CC(=O)O)Cn1nnnc1Cc1ccncc1. The summed E-state index contributed by atoms with van der Waals surface area (Å²) in [7, 11) is 0. The zero-order chi connectivity index (χ0) is 13.7. The van der Waals surface area contributed by atoms with Gasteiger partial charge in [0.25, 0.3) is 0 Å². The van der Waals surface area contributed by atoms with Crippen molar-refractivity contribution >= 4 is 5.97 Å². The topological polar surface area (TPSA) is 93.8 Å². The molecular weight excluding hydrogens is 246 g/mol. The van der Waals surface area contributed by atoms with Crippen LogP contribution in [0.15, 0.2) is 24.5 Å². The lowest BCUT2D eigenvalue weighted by Crippen LogP contribution is -2.15. The van der Waals surface area contributed by atoms with Gasteiger partial charge < -0.3 is 5.11 Å². The first-order valence-electron chi connectivity index (χ1n) is 6.01. The summed E-state index contributed by atoms with van der Waals surface area (Å²) in [5.41, 5.74) is 1.07. The highest BCUT2D eigenvalue weighted by atomic mass is 16.4. The molecule has 19 heavy (non-hydrogen) atoms. The predicted octanol–water partition coefficient (Wildman–Crippen LogP) is 0.770. The van der Waals surface area contributed by atoms with Crippen molar-refractivity contribution in [2.45, 2.75) is 26.3 Å². The van der Waals surface area contributed by atoms with E-state index in [0.29, 0.717) is 13.0 Å². The van der Waals surface area contributed by atoms with E-state index in [1.54, 1.807) is 17.1 Å². The molecule has 0 aromatic carbocycles. The Hall–Kier alpha value is -2.31. The molecule has 0 spiro atoms. The Balaban J connectivity index is 2.03. The van der Waals surface area contributed by atoms with Crippen molar-refractivity contribution in [3.05, 3.63) is 35.9 Å². The number of carboxylic acids is 1. The summed E-state index contributed by atoms with van der Waals surface area (Å²) in [4.78, 5) is 14.6. The zero-order valence-electron chi connectivity index (χ0n) is 10.6. The summed E-state index contributed by atoms with van der Waals surface area (Å²) in [6.07, 6.45) is 4.15. The van der Waals surface area contributed by atoms with E-state index in [1.807, 2.05) is 19.1 Å². The van der Waals surface area contributed by atoms with Gasteiger partial charge in [0.1, 0.15) is 0 Å². The highest BCUT2D eigenvalue weighted by Gasteiger charge is 2.13. The van der Waals surface area contributed by atoms with Crippen molar-refractivity contribution in [1.82, 2.24) is 25.2 Å². The maximum Gasteiger partial charge on any atom is 0.303 e. The molecule has 1 unspecified atom stereocenters. The smallest absolute Gasteiger partial charge is 0.303 e. The van der Waals surface area contributed by atoms with Crippen LogP contribution < -0.4 is 0 Å².